The van der Waals surface area contributed by atoms with Gasteiger partial charge < -0.3 is 20.7 Å². The van der Waals surface area contributed by atoms with Crippen LogP contribution < -0.4 is 16.0 Å². The van der Waals surface area contributed by atoms with E-state index in [0.29, 0.717) is 29.0 Å². The number of aromatic nitrogens is 3. The van der Waals surface area contributed by atoms with Crippen molar-refractivity contribution in [2.24, 2.45) is 5.73 Å². The standard InChI is InChI=1S/C12H14N6O2S/c13-11(19)8-5-15-12(21-8)17-9-6-14-7-10(16-9)18-1-3-20-4-2-18/h5-7H,1-4H2,(H2,13,19)(H,15,16,17). The number of amides is 1. The number of carbonyl (C=O) groups excluding carboxylic acids is 1. The van der Waals surface area contributed by atoms with Crippen molar-refractivity contribution in [2.45, 2.75) is 0 Å². The van der Waals surface area contributed by atoms with Crippen molar-refractivity contribution in [3.05, 3.63) is 23.5 Å². The minimum absolute atomic E-state index is 0.398. The summed E-state index contributed by atoms with van der Waals surface area (Å²) in [5.41, 5.74) is 5.20. The number of hydrogen-bond donors (Lipinski definition) is 2. The molecule has 9 heteroatoms. The molecule has 1 aliphatic rings. The lowest BCUT2D eigenvalue weighted by Crippen LogP contribution is -2.36. The summed E-state index contributed by atoms with van der Waals surface area (Å²) >= 11 is 1.18. The molecule has 0 unspecified atom stereocenters. The SMILES string of the molecule is NC(=O)c1cnc(Nc2cncc(N3CCOCC3)n2)s1. The number of hydrogen-bond acceptors (Lipinski definition) is 8. The molecule has 0 atom stereocenters. The number of rotatable bonds is 4. The summed E-state index contributed by atoms with van der Waals surface area (Å²) in [4.78, 5) is 26.3. The normalized spacial score (nSPS) is 15.0. The van der Waals surface area contributed by atoms with E-state index in [1.165, 1.54) is 17.5 Å². The summed E-state index contributed by atoms with van der Waals surface area (Å²) in [5, 5.41) is 3.58. The average Bonchev–Trinajstić information content (AvgIpc) is 2.97. The van der Waals surface area contributed by atoms with Gasteiger partial charge in [0, 0.05) is 13.1 Å². The predicted molar refractivity (Wildman–Crippen MR) is 79.0 cm³/mol. The predicted octanol–water partition coefficient (Wildman–Crippen LogP) is 0.612. The van der Waals surface area contributed by atoms with E-state index in [2.05, 4.69) is 25.2 Å². The van der Waals surface area contributed by atoms with E-state index in [1.807, 2.05) is 0 Å². The lowest BCUT2D eigenvalue weighted by atomic mass is 10.4. The first-order valence-corrected chi connectivity index (χ1v) is 7.21. The molecular weight excluding hydrogens is 292 g/mol. The van der Waals surface area contributed by atoms with Gasteiger partial charge in [-0.25, -0.2) is 9.97 Å². The van der Waals surface area contributed by atoms with E-state index in [1.54, 1.807) is 12.4 Å². The topological polar surface area (TPSA) is 106 Å². The molecule has 110 valence electrons. The van der Waals surface area contributed by atoms with Crippen LogP contribution in [0.25, 0.3) is 0 Å². The number of thiazole rings is 1. The minimum Gasteiger partial charge on any atom is -0.378 e. The molecule has 1 fully saturated rings. The molecule has 21 heavy (non-hydrogen) atoms. The van der Waals surface area contributed by atoms with Gasteiger partial charge in [0.2, 0.25) is 0 Å². The van der Waals surface area contributed by atoms with E-state index < -0.39 is 5.91 Å². The van der Waals surface area contributed by atoms with Crippen LogP contribution in [0.5, 0.6) is 0 Å². The smallest absolute Gasteiger partial charge is 0.260 e. The summed E-state index contributed by atoms with van der Waals surface area (Å²) in [5.74, 6) is 0.869. The van der Waals surface area contributed by atoms with Gasteiger partial charge in [-0.1, -0.05) is 11.3 Å². The second kappa shape index (κ2) is 6.02. The maximum Gasteiger partial charge on any atom is 0.260 e. The molecular formula is C12H14N6O2S. The summed E-state index contributed by atoms with van der Waals surface area (Å²) < 4.78 is 5.31. The molecule has 0 aromatic carbocycles. The van der Waals surface area contributed by atoms with Crippen LogP contribution >= 0.6 is 11.3 Å². The van der Waals surface area contributed by atoms with Crippen LogP contribution in [0.1, 0.15) is 9.67 Å². The van der Waals surface area contributed by atoms with Gasteiger partial charge in [0.05, 0.1) is 31.8 Å². The van der Waals surface area contributed by atoms with Crippen molar-refractivity contribution in [3.63, 3.8) is 0 Å². The second-order valence-electron chi connectivity index (χ2n) is 4.38. The number of nitrogens with one attached hydrogen (secondary N) is 1. The van der Waals surface area contributed by atoms with Crippen LogP contribution in [0, 0.1) is 0 Å². The Labute approximate surface area is 125 Å². The first-order chi connectivity index (χ1) is 10.2. The van der Waals surface area contributed by atoms with Gasteiger partial charge in [-0.2, -0.15) is 0 Å². The fraction of sp³-hybridized carbons (Fsp3) is 0.333. The highest BCUT2D eigenvalue weighted by molar-refractivity contribution is 7.17. The molecule has 3 heterocycles. The van der Waals surface area contributed by atoms with Crippen molar-refractivity contribution in [2.75, 3.05) is 36.5 Å². The van der Waals surface area contributed by atoms with Gasteiger partial charge in [-0.05, 0) is 0 Å². The number of nitrogens with two attached hydrogens (primary N) is 1. The zero-order valence-electron chi connectivity index (χ0n) is 11.2. The molecule has 3 rings (SSSR count). The first-order valence-electron chi connectivity index (χ1n) is 6.40. The van der Waals surface area contributed by atoms with E-state index >= 15 is 0 Å². The second-order valence-corrected chi connectivity index (χ2v) is 5.41. The Morgan fingerprint density at radius 3 is 2.86 bits per heavy atom. The largest absolute Gasteiger partial charge is 0.378 e. The summed E-state index contributed by atoms with van der Waals surface area (Å²) in [6, 6.07) is 0. The number of anilines is 3. The third kappa shape index (κ3) is 3.26. The van der Waals surface area contributed by atoms with E-state index in [4.69, 9.17) is 10.5 Å². The molecule has 1 saturated heterocycles. The van der Waals surface area contributed by atoms with Crippen LogP contribution in [0.2, 0.25) is 0 Å². The molecule has 0 spiro atoms. The van der Waals surface area contributed by atoms with Crippen molar-refractivity contribution in [3.8, 4) is 0 Å². The molecule has 0 aliphatic carbocycles. The lowest BCUT2D eigenvalue weighted by molar-refractivity contribution is 0.100. The summed E-state index contributed by atoms with van der Waals surface area (Å²) in [6.45, 7) is 2.96. The van der Waals surface area contributed by atoms with Crippen molar-refractivity contribution >= 4 is 34.0 Å². The van der Waals surface area contributed by atoms with E-state index in [9.17, 15) is 4.79 Å². The van der Waals surface area contributed by atoms with Gasteiger partial charge in [0.15, 0.2) is 10.9 Å². The van der Waals surface area contributed by atoms with Gasteiger partial charge in [-0.3, -0.25) is 9.78 Å². The van der Waals surface area contributed by atoms with Gasteiger partial charge in [-0.15, -0.1) is 0 Å². The number of morpholine rings is 1. The zero-order valence-corrected chi connectivity index (χ0v) is 12.0. The third-order valence-electron chi connectivity index (χ3n) is 2.94. The Kier molecular flexibility index (Phi) is 3.93. The number of carbonyl (C=O) groups is 1. The zero-order chi connectivity index (χ0) is 14.7. The van der Waals surface area contributed by atoms with Crippen LogP contribution in [-0.2, 0) is 4.74 Å². The Bertz CT molecular complexity index is 640. The number of primary amides is 1. The molecule has 0 radical (unpaired) electrons. The quantitative estimate of drug-likeness (QED) is 0.852. The fourth-order valence-electron chi connectivity index (χ4n) is 1.92. The minimum atomic E-state index is -0.492. The highest BCUT2D eigenvalue weighted by Gasteiger charge is 2.14. The fourth-order valence-corrected chi connectivity index (χ4v) is 2.59. The molecule has 2 aromatic heterocycles. The monoisotopic (exact) mass is 306 g/mol. The van der Waals surface area contributed by atoms with Crippen LogP contribution in [-0.4, -0.2) is 47.2 Å². The maximum atomic E-state index is 11.0. The average molecular weight is 306 g/mol. The van der Waals surface area contributed by atoms with Gasteiger partial charge in [0.25, 0.3) is 5.91 Å². The maximum absolute atomic E-state index is 11.0. The van der Waals surface area contributed by atoms with Crippen molar-refractivity contribution in [1.29, 1.82) is 0 Å². The highest BCUT2D eigenvalue weighted by Crippen LogP contribution is 2.22. The van der Waals surface area contributed by atoms with Gasteiger partial charge >= 0.3 is 0 Å². The Morgan fingerprint density at radius 2 is 2.14 bits per heavy atom. The molecule has 0 bridgehead atoms. The van der Waals surface area contributed by atoms with Crippen LogP contribution in [0.4, 0.5) is 16.8 Å². The lowest BCUT2D eigenvalue weighted by Gasteiger charge is -2.27. The van der Waals surface area contributed by atoms with Crippen molar-refractivity contribution in [1.82, 2.24) is 15.0 Å². The van der Waals surface area contributed by atoms with Crippen LogP contribution in [0.3, 0.4) is 0 Å². The summed E-state index contributed by atoms with van der Waals surface area (Å²) in [6.07, 6.45) is 4.76. The van der Waals surface area contributed by atoms with Crippen molar-refractivity contribution < 1.29 is 9.53 Å². The van der Waals surface area contributed by atoms with Crippen LogP contribution in [0.15, 0.2) is 18.6 Å². The molecule has 2 aromatic rings. The summed E-state index contributed by atoms with van der Waals surface area (Å²) in [7, 11) is 0. The molecule has 0 saturated carbocycles. The number of ether oxygens (including phenoxy) is 1. The van der Waals surface area contributed by atoms with E-state index in [0.717, 1.165) is 18.9 Å². The van der Waals surface area contributed by atoms with Gasteiger partial charge in [0.1, 0.15) is 10.7 Å². The molecule has 3 N–H and O–H groups in total. The number of nitrogens with zero attached hydrogens (tertiary/aromatic N) is 4. The Balaban J connectivity index is 1.74. The highest BCUT2D eigenvalue weighted by atomic mass is 32.1. The Hall–Kier alpha value is -2.26. The Morgan fingerprint density at radius 1 is 1.33 bits per heavy atom. The first kappa shape index (κ1) is 13.7. The van der Waals surface area contributed by atoms with E-state index in [-0.39, 0.29) is 0 Å². The molecule has 8 nitrogen and oxygen atoms in total. The molecule has 1 amide bonds. The third-order valence-corrected chi connectivity index (χ3v) is 3.87. The molecule has 1 aliphatic heterocycles.